The molecule has 2 aliphatic rings. The van der Waals surface area contributed by atoms with Gasteiger partial charge in [0.05, 0.1) is 11.2 Å². The van der Waals surface area contributed by atoms with E-state index in [9.17, 15) is 0 Å². The quantitative estimate of drug-likeness (QED) is 0.425. The Morgan fingerprint density at radius 1 is 0.593 bits per heavy atom. The highest BCUT2D eigenvalue weighted by Crippen LogP contribution is 2.47. The first kappa shape index (κ1) is 15.2. The molecule has 0 unspecified atom stereocenters. The maximum absolute atomic E-state index is 5.00. The molecule has 1 heteroatoms. The summed E-state index contributed by atoms with van der Waals surface area (Å²) in [6.07, 6.45) is 4.71. The minimum absolute atomic E-state index is 0.334. The number of hydrogen-bond acceptors (Lipinski definition) is 1. The van der Waals surface area contributed by atoms with Crippen molar-refractivity contribution in [3.63, 3.8) is 0 Å². The summed E-state index contributed by atoms with van der Waals surface area (Å²) >= 11 is 0. The van der Waals surface area contributed by atoms with E-state index in [4.69, 9.17) is 4.98 Å². The van der Waals surface area contributed by atoms with Crippen molar-refractivity contribution in [3.8, 4) is 11.3 Å². The molecular formula is C26H21N. The Morgan fingerprint density at radius 2 is 1.22 bits per heavy atom. The first-order valence-electron chi connectivity index (χ1n) is 9.84. The van der Waals surface area contributed by atoms with Crippen molar-refractivity contribution < 1.29 is 0 Å². The highest BCUT2D eigenvalue weighted by molar-refractivity contribution is 5.89. The Labute approximate surface area is 159 Å². The first-order chi connectivity index (χ1) is 13.3. The van der Waals surface area contributed by atoms with E-state index in [0.717, 1.165) is 17.6 Å². The van der Waals surface area contributed by atoms with Crippen molar-refractivity contribution in [1.29, 1.82) is 0 Å². The van der Waals surface area contributed by atoms with Gasteiger partial charge in [0, 0.05) is 10.9 Å². The smallest absolute Gasteiger partial charge is 0.0715 e. The lowest BCUT2D eigenvalue weighted by Crippen LogP contribution is -2.30. The van der Waals surface area contributed by atoms with Crippen molar-refractivity contribution in [1.82, 2.24) is 4.98 Å². The lowest BCUT2D eigenvalue weighted by Gasteiger charge is -2.35. The van der Waals surface area contributed by atoms with Crippen LogP contribution in [0.4, 0.5) is 0 Å². The second-order valence-corrected chi connectivity index (χ2v) is 8.32. The third-order valence-electron chi connectivity index (χ3n) is 6.45. The van der Waals surface area contributed by atoms with E-state index in [1.165, 1.54) is 41.3 Å². The zero-order valence-electron chi connectivity index (χ0n) is 15.3. The number of benzene rings is 3. The van der Waals surface area contributed by atoms with Gasteiger partial charge in [0.15, 0.2) is 0 Å². The molecule has 1 nitrogen and oxygen atoms in total. The molecule has 1 spiro atoms. The van der Waals surface area contributed by atoms with Gasteiger partial charge in [-0.25, -0.2) is 4.98 Å². The lowest BCUT2D eigenvalue weighted by atomic mass is 9.69. The maximum atomic E-state index is 5.00. The van der Waals surface area contributed by atoms with Gasteiger partial charge in [-0.2, -0.15) is 0 Å². The average molecular weight is 347 g/mol. The summed E-state index contributed by atoms with van der Waals surface area (Å²) in [5.41, 5.74) is 9.84. The SMILES string of the molecule is c1ccc(-c2cc3c4c(cccc4n2)CC2(Cc4ccccc4C2)C3)cc1. The summed E-state index contributed by atoms with van der Waals surface area (Å²) in [4.78, 5) is 5.00. The summed E-state index contributed by atoms with van der Waals surface area (Å²) in [5, 5.41) is 1.40. The molecule has 0 N–H and O–H groups in total. The number of aromatic nitrogens is 1. The minimum atomic E-state index is 0.334. The molecule has 0 saturated heterocycles. The Kier molecular flexibility index (Phi) is 3.11. The van der Waals surface area contributed by atoms with Crippen LogP contribution in [0.5, 0.6) is 0 Å². The van der Waals surface area contributed by atoms with Crippen molar-refractivity contribution in [2.75, 3.05) is 0 Å². The van der Waals surface area contributed by atoms with Crippen molar-refractivity contribution in [2.45, 2.75) is 25.7 Å². The Hall–Kier alpha value is -2.93. The van der Waals surface area contributed by atoms with Crippen LogP contribution in [0.3, 0.4) is 0 Å². The largest absolute Gasteiger partial charge is 0.248 e. The third kappa shape index (κ3) is 2.35. The lowest BCUT2D eigenvalue weighted by molar-refractivity contribution is 0.296. The summed E-state index contributed by atoms with van der Waals surface area (Å²) in [5.74, 6) is 0. The summed E-state index contributed by atoms with van der Waals surface area (Å²) in [7, 11) is 0. The Bertz CT molecular complexity index is 1150. The average Bonchev–Trinajstić information content (AvgIpc) is 3.05. The molecule has 2 aliphatic carbocycles. The highest BCUT2D eigenvalue weighted by atomic mass is 14.7. The molecule has 0 fully saturated rings. The van der Waals surface area contributed by atoms with Crippen LogP contribution in [0.25, 0.3) is 22.2 Å². The van der Waals surface area contributed by atoms with Crippen LogP contribution in [0.2, 0.25) is 0 Å². The number of hydrogen-bond donors (Lipinski definition) is 0. The molecule has 0 radical (unpaired) electrons. The normalized spacial score (nSPS) is 16.6. The molecular weight excluding hydrogens is 326 g/mol. The second kappa shape index (κ2) is 5.53. The minimum Gasteiger partial charge on any atom is -0.248 e. The van der Waals surface area contributed by atoms with E-state index >= 15 is 0 Å². The fourth-order valence-electron chi connectivity index (χ4n) is 5.39. The Morgan fingerprint density at radius 3 is 2.00 bits per heavy atom. The van der Waals surface area contributed by atoms with Crippen molar-refractivity contribution >= 4 is 10.9 Å². The predicted octanol–water partition coefficient (Wildman–Crippen LogP) is 5.79. The van der Waals surface area contributed by atoms with Gasteiger partial charge in [-0.05, 0) is 65.5 Å². The summed E-state index contributed by atoms with van der Waals surface area (Å²) < 4.78 is 0. The van der Waals surface area contributed by atoms with E-state index in [1.54, 1.807) is 11.1 Å². The molecule has 1 aromatic heterocycles. The van der Waals surface area contributed by atoms with Crippen LogP contribution in [0.1, 0.15) is 22.3 Å². The standard InChI is InChI=1S/C26H21N/c1-2-7-18(8-3-1)24-13-22-17-26(14-19-9-4-5-10-20(19)15-26)16-21-11-6-12-23(27-24)25(21)22/h1-13H,14-17H2. The van der Waals surface area contributed by atoms with Gasteiger partial charge in [0.2, 0.25) is 0 Å². The van der Waals surface area contributed by atoms with E-state index in [1.807, 2.05) is 0 Å². The molecule has 3 aromatic carbocycles. The first-order valence-corrected chi connectivity index (χ1v) is 9.84. The van der Waals surface area contributed by atoms with Crippen LogP contribution in [-0.2, 0) is 25.7 Å². The topological polar surface area (TPSA) is 12.9 Å². The second-order valence-electron chi connectivity index (χ2n) is 8.32. The molecule has 1 heterocycles. The molecule has 0 aliphatic heterocycles. The van der Waals surface area contributed by atoms with Gasteiger partial charge in [-0.3, -0.25) is 0 Å². The van der Waals surface area contributed by atoms with Crippen molar-refractivity contribution in [3.05, 3.63) is 101 Å². The zero-order valence-corrected chi connectivity index (χ0v) is 15.3. The van der Waals surface area contributed by atoms with Crippen LogP contribution >= 0.6 is 0 Å². The predicted molar refractivity (Wildman–Crippen MR) is 111 cm³/mol. The molecule has 0 bridgehead atoms. The molecule has 4 aromatic rings. The molecule has 0 atom stereocenters. The number of pyridine rings is 1. The Balaban J connectivity index is 1.51. The van der Waals surface area contributed by atoms with Crippen LogP contribution in [0.15, 0.2) is 78.9 Å². The monoisotopic (exact) mass is 347 g/mol. The van der Waals surface area contributed by atoms with Gasteiger partial charge >= 0.3 is 0 Å². The fourth-order valence-corrected chi connectivity index (χ4v) is 5.39. The van der Waals surface area contributed by atoms with Gasteiger partial charge in [0.25, 0.3) is 0 Å². The van der Waals surface area contributed by atoms with E-state index < -0.39 is 0 Å². The van der Waals surface area contributed by atoms with Crippen LogP contribution in [-0.4, -0.2) is 4.98 Å². The molecule has 130 valence electrons. The van der Waals surface area contributed by atoms with E-state index in [0.29, 0.717) is 5.41 Å². The van der Waals surface area contributed by atoms with Gasteiger partial charge in [-0.1, -0.05) is 66.7 Å². The number of fused-ring (bicyclic) bond motifs is 1. The highest BCUT2D eigenvalue weighted by Gasteiger charge is 2.40. The zero-order chi connectivity index (χ0) is 17.8. The maximum Gasteiger partial charge on any atom is 0.0715 e. The third-order valence-corrected chi connectivity index (χ3v) is 6.45. The number of rotatable bonds is 1. The van der Waals surface area contributed by atoms with Gasteiger partial charge in [0.1, 0.15) is 0 Å². The molecule has 0 saturated carbocycles. The molecule has 27 heavy (non-hydrogen) atoms. The van der Waals surface area contributed by atoms with Crippen LogP contribution in [0, 0.1) is 5.41 Å². The summed E-state index contributed by atoms with van der Waals surface area (Å²) in [6.45, 7) is 0. The van der Waals surface area contributed by atoms with E-state index in [-0.39, 0.29) is 0 Å². The molecule has 0 amide bonds. The fraction of sp³-hybridized carbons (Fsp3) is 0.192. The van der Waals surface area contributed by atoms with Crippen molar-refractivity contribution in [2.24, 2.45) is 5.41 Å². The molecule has 6 rings (SSSR count). The van der Waals surface area contributed by atoms with Crippen LogP contribution < -0.4 is 0 Å². The van der Waals surface area contributed by atoms with Gasteiger partial charge in [-0.15, -0.1) is 0 Å². The number of nitrogens with zero attached hydrogens (tertiary/aromatic N) is 1. The van der Waals surface area contributed by atoms with Gasteiger partial charge < -0.3 is 0 Å². The van der Waals surface area contributed by atoms with E-state index in [2.05, 4.69) is 78.9 Å². The summed E-state index contributed by atoms with van der Waals surface area (Å²) in [6, 6.07) is 28.6.